The minimum Gasteiger partial charge on any atom is -0.310 e. The molecule has 1 N–H and O–H groups in total. The van der Waals surface area contributed by atoms with Crippen LogP contribution in [0.3, 0.4) is 0 Å². The molecule has 106 valence electrons. The fourth-order valence-electron chi connectivity index (χ4n) is 3.18. The molecule has 1 aromatic rings. The molecule has 1 saturated carbocycles. The Morgan fingerprint density at radius 3 is 2.53 bits per heavy atom. The van der Waals surface area contributed by atoms with Crippen molar-refractivity contribution >= 4 is 22.6 Å². The lowest BCUT2D eigenvalue weighted by atomic mass is 9.77. The topological polar surface area (TPSA) is 12.0 Å². The zero-order chi connectivity index (χ0) is 13.7. The van der Waals surface area contributed by atoms with Crippen LogP contribution in [0.5, 0.6) is 0 Å². The van der Waals surface area contributed by atoms with Crippen molar-refractivity contribution < 1.29 is 0 Å². The molecule has 1 aliphatic carbocycles. The highest BCUT2D eigenvalue weighted by molar-refractivity contribution is 14.1. The molecule has 0 saturated heterocycles. The number of hydrogen-bond donors (Lipinski definition) is 1. The summed E-state index contributed by atoms with van der Waals surface area (Å²) in [4.78, 5) is 0. The number of halogens is 1. The van der Waals surface area contributed by atoms with Crippen LogP contribution in [0.4, 0.5) is 0 Å². The van der Waals surface area contributed by atoms with E-state index < -0.39 is 0 Å². The second kappa shape index (κ2) is 7.63. The molecular formula is C17H26IN. The molecule has 1 nitrogen and oxygen atoms in total. The fraction of sp³-hybridized carbons (Fsp3) is 0.647. The molecule has 2 rings (SSSR count). The van der Waals surface area contributed by atoms with Crippen LogP contribution in [0.25, 0.3) is 0 Å². The molecule has 1 unspecified atom stereocenters. The predicted octanol–water partition coefficient (Wildman–Crippen LogP) is 5.16. The molecule has 1 fully saturated rings. The first kappa shape index (κ1) is 15.3. The van der Waals surface area contributed by atoms with Crippen molar-refractivity contribution in [3.63, 3.8) is 0 Å². The van der Waals surface area contributed by atoms with Gasteiger partial charge in [-0.05, 0) is 71.9 Å². The third-order valence-electron chi connectivity index (χ3n) is 4.39. The van der Waals surface area contributed by atoms with E-state index in [-0.39, 0.29) is 0 Å². The van der Waals surface area contributed by atoms with E-state index >= 15 is 0 Å². The average molecular weight is 371 g/mol. The van der Waals surface area contributed by atoms with Gasteiger partial charge in [0.15, 0.2) is 0 Å². The summed E-state index contributed by atoms with van der Waals surface area (Å²) in [5.74, 6) is 1.75. The lowest BCUT2D eigenvalue weighted by molar-refractivity contribution is 0.231. The van der Waals surface area contributed by atoms with Gasteiger partial charge in [0.2, 0.25) is 0 Å². The van der Waals surface area contributed by atoms with Crippen molar-refractivity contribution in [2.24, 2.45) is 11.8 Å². The molecule has 2 heteroatoms. The third kappa shape index (κ3) is 4.19. The average Bonchev–Trinajstić information content (AvgIpc) is 2.43. The van der Waals surface area contributed by atoms with Gasteiger partial charge in [-0.2, -0.15) is 0 Å². The van der Waals surface area contributed by atoms with Crippen LogP contribution in [0.1, 0.15) is 57.6 Å². The molecular weight excluding hydrogens is 345 g/mol. The first-order chi connectivity index (χ1) is 9.22. The van der Waals surface area contributed by atoms with Crippen molar-refractivity contribution in [3.8, 4) is 0 Å². The molecule has 0 spiro atoms. The molecule has 19 heavy (non-hydrogen) atoms. The van der Waals surface area contributed by atoms with E-state index in [4.69, 9.17) is 0 Å². The lowest BCUT2D eigenvalue weighted by Gasteiger charge is -2.34. The van der Waals surface area contributed by atoms with Crippen LogP contribution in [0.15, 0.2) is 24.3 Å². The van der Waals surface area contributed by atoms with Crippen LogP contribution in [-0.2, 0) is 0 Å². The Bertz CT molecular complexity index is 383. The lowest BCUT2D eigenvalue weighted by Crippen LogP contribution is -2.31. The van der Waals surface area contributed by atoms with E-state index in [1.807, 2.05) is 0 Å². The summed E-state index contributed by atoms with van der Waals surface area (Å²) in [5.41, 5.74) is 1.51. The Balaban J connectivity index is 2.13. The Morgan fingerprint density at radius 1 is 1.21 bits per heavy atom. The summed E-state index contributed by atoms with van der Waals surface area (Å²) in [7, 11) is 0. The largest absolute Gasteiger partial charge is 0.310 e. The zero-order valence-electron chi connectivity index (χ0n) is 12.2. The Labute approximate surface area is 131 Å². The molecule has 1 atom stereocenters. The number of nitrogens with one attached hydrogen (secondary N) is 1. The van der Waals surface area contributed by atoms with Crippen molar-refractivity contribution in [2.75, 3.05) is 6.54 Å². The van der Waals surface area contributed by atoms with Gasteiger partial charge in [0.1, 0.15) is 0 Å². The highest BCUT2D eigenvalue weighted by Crippen LogP contribution is 2.37. The van der Waals surface area contributed by atoms with Crippen molar-refractivity contribution in [2.45, 2.75) is 52.0 Å². The fourth-order valence-corrected chi connectivity index (χ4v) is 3.90. The minimum atomic E-state index is 0.556. The maximum atomic E-state index is 3.81. The third-order valence-corrected chi connectivity index (χ3v) is 5.37. The van der Waals surface area contributed by atoms with Crippen LogP contribution >= 0.6 is 22.6 Å². The highest BCUT2D eigenvalue weighted by atomic mass is 127. The molecule has 0 aliphatic heterocycles. The van der Waals surface area contributed by atoms with Crippen LogP contribution < -0.4 is 5.32 Å². The van der Waals surface area contributed by atoms with Crippen molar-refractivity contribution in [1.29, 1.82) is 0 Å². The zero-order valence-corrected chi connectivity index (χ0v) is 14.3. The minimum absolute atomic E-state index is 0.556. The van der Waals surface area contributed by atoms with E-state index in [0.29, 0.717) is 6.04 Å². The van der Waals surface area contributed by atoms with Crippen molar-refractivity contribution in [1.82, 2.24) is 5.32 Å². The van der Waals surface area contributed by atoms with E-state index in [2.05, 4.69) is 66.0 Å². The second-order valence-electron chi connectivity index (χ2n) is 5.97. The van der Waals surface area contributed by atoms with Gasteiger partial charge in [0, 0.05) is 9.61 Å². The maximum Gasteiger partial charge on any atom is 0.0359 e. The van der Waals surface area contributed by atoms with Gasteiger partial charge in [-0.15, -0.1) is 0 Å². The molecule has 1 aliphatic rings. The van der Waals surface area contributed by atoms with Crippen molar-refractivity contribution in [3.05, 3.63) is 33.4 Å². The van der Waals surface area contributed by atoms with Gasteiger partial charge in [-0.1, -0.05) is 44.9 Å². The summed E-state index contributed by atoms with van der Waals surface area (Å²) in [6.07, 6.45) is 6.78. The smallest absolute Gasteiger partial charge is 0.0359 e. The van der Waals surface area contributed by atoms with Gasteiger partial charge in [-0.25, -0.2) is 0 Å². The molecule has 0 amide bonds. The standard InChI is InChI=1S/C17H26IN/c1-3-12-19-17(14-10-8-13(2)9-11-14)15-6-4-5-7-16(15)18/h4-7,13-14,17,19H,3,8-12H2,1-2H3. The molecule has 0 radical (unpaired) electrons. The highest BCUT2D eigenvalue weighted by Gasteiger charge is 2.27. The summed E-state index contributed by atoms with van der Waals surface area (Å²) in [5, 5.41) is 3.81. The normalized spacial score (nSPS) is 25.2. The molecule has 0 aromatic heterocycles. The molecule has 0 heterocycles. The number of benzene rings is 1. The van der Waals surface area contributed by atoms with Gasteiger partial charge in [0.25, 0.3) is 0 Å². The summed E-state index contributed by atoms with van der Waals surface area (Å²) < 4.78 is 1.41. The van der Waals surface area contributed by atoms with E-state index in [1.165, 1.54) is 41.2 Å². The molecule has 1 aromatic carbocycles. The summed E-state index contributed by atoms with van der Waals surface area (Å²) in [6, 6.07) is 9.43. The summed E-state index contributed by atoms with van der Waals surface area (Å²) >= 11 is 2.49. The molecule has 0 bridgehead atoms. The Kier molecular flexibility index (Phi) is 6.14. The Morgan fingerprint density at radius 2 is 1.89 bits per heavy atom. The van der Waals surface area contributed by atoms with E-state index in [1.54, 1.807) is 0 Å². The number of rotatable bonds is 5. The van der Waals surface area contributed by atoms with Gasteiger partial charge < -0.3 is 5.32 Å². The summed E-state index contributed by atoms with van der Waals surface area (Å²) in [6.45, 7) is 5.78. The quantitative estimate of drug-likeness (QED) is 0.705. The van der Waals surface area contributed by atoms with Gasteiger partial charge >= 0.3 is 0 Å². The van der Waals surface area contributed by atoms with E-state index in [0.717, 1.165) is 18.4 Å². The van der Waals surface area contributed by atoms with Crippen LogP contribution in [0, 0.1) is 15.4 Å². The maximum absolute atomic E-state index is 3.81. The number of hydrogen-bond acceptors (Lipinski definition) is 1. The van der Waals surface area contributed by atoms with Gasteiger partial charge in [-0.3, -0.25) is 0 Å². The SMILES string of the molecule is CCCNC(c1ccccc1I)C1CCC(C)CC1. The predicted molar refractivity (Wildman–Crippen MR) is 91.3 cm³/mol. The Hall–Kier alpha value is -0.0900. The monoisotopic (exact) mass is 371 g/mol. The second-order valence-corrected chi connectivity index (χ2v) is 7.14. The first-order valence-electron chi connectivity index (χ1n) is 7.70. The first-order valence-corrected chi connectivity index (χ1v) is 8.78. The van der Waals surface area contributed by atoms with Crippen LogP contribution in [-0.4, -0.2) is 6.54 Å². The van der Waals surface area contributed by atoms with Gasteiger partial charge in [0.05, 0.1) is 0 Å². The van der Waals surface area contributed by atoms with E-state index in [9.17, 15) is 0 Å². The van der Waals surface area contributed by atoms with Crippen LogP contribution in [0.2, 0.25) is 0 Å².